The normalized spacial score (nSPS) is 13.1. The molecule has 0 rings (SSSR count). The fourth-order valence-corrected chi connectivity index (χ4v) is 8.15. The van der Waals surface area contributed by atoms with Crippen molar-refractivity contribution in [3.8, 4) is 0 Å². The third kappa shape index (κ3) is 44.7. The van der Waals surface area contributed by atoms with Crippen molar-refractivity contribution < 1.29 is 38.2 Å². The van der Waals surface area contributed by atoms with Crippen molar-refractivity contribution in [2.24, 2.45) is 0 Å². The summed E-state index contributed by atoms with van der Waals surface area (Å²) in [6.45, 7) is 4.60. The quantitative estimate of drug-likeness (QED) is 0.0259. The van der Waals surface area contributed by atoms with Gasteiger partial charge in [-0.2, -0.15) is 0 Å². The van der Waals surface area contributed by atoms with Gasteiger partial charge in [-0.1, -0.05) is 224 Å². The number of unbranched alkanes of at least 4 members (excludes halogenated alkanes) is 29. The first-order chi connectivity index (χ1) is 31.1. The van der Waals surface area contributed by atoms with E-state index in [0.717, 1.165) is 57.8 Å². The number of carboxylic acids is 1. The highest BCUT2D eigenvalue weighted by molar-refractivity contribution is 5.70. The lowest BCUT2D eigenvalue weighted by Crippen LogP contribution is -2.55. The van der Waals surface area contributed by atoms with Gasteiger partial charge in [0.25, 0.3) is 0 Å². The summed E-state index contributed by atoms with van der Waals surface area (Å²) >= 11 is 0. The average molecular weight is 902 g/mol. The van der Waals surface area contributed by atoms with Gasteiger partial charge in [-0.25, -0.2) is 0 Å². The maximum absolute atomic E-state index is 12.8. The number of ether oxygens (including phenoxy) is 3. The second-order valence-electron chi connectivity index (χ2n) is 19.4. The number of nitrogens with zero attached hydrogens (tertiary/aromatic N) is 1. The van der Waals surface area contributed by atoms with E-state index in [-0.39, 0.29) is 42.7 Å². The van der Waals surface area contributed by atoms with Crippen molar-refractivity contribution in [3.05, 3.63) is 36.5 Å². The van der Waals surface area contributed by atoms with E-state index >= 15 is 0 Å². The first-order valence-electron chi connectivity index (χ1n) is 27.0. The van der Waals surface area contributed by atoms with Gasteiger partial charge in [0.1, 0.15) is 12.6 Å². The number of allylic oxidation sites excluding steroid dienone is 6. The van der Waals surface area contributed by atoms with Crippen LogP contribution in [0.15, 0.2) is 36.5 Å². The zero-order valence-electron chi connectivity index (χ0n) is 42.7. The van der Waals surface area contributed by atoms with E-state index in [1.165, 1.54) is 161 Å². The molecule has 0 aromatic heterocycles. The summed E-state index contributed by atoms with van der Waals surface area (Å²) in [6, 6.07) is -0.724. The maximum Gasteiger partial charge on any atom is 0.306 e. The number of carboxylic acid groups (broad SMARTS) is 1. The molecule has 0 amide bonds. The average Bonchev–Trinajstić information content (AvgIpc) is 3.26. The van der Waals surface area contributed by atoms with Crippen molar-refractivity contribution >= 4 is 17.9 Å². The van der Waals surface area contributed by atoms with Gasteiger partial charge in [-0.3, -0.25) is 9.59 Å². The minimum atomic E-state index is -1.12. The molecular formula is C56H103NO7. The standard InChI is InChI=1S/C56H103NO7/c1-6-8-10-12-14-16-18-20-22-24-25-26-27-28-29-31-32-34-36-38-40-42-44-46-54(58)63-51-52(50-62-49-48-53(56(60)61)57(3,4)5)64-55(59)47-45-43-41-39-37-35-33-30-23-21-19-17-15-13-11-9-7-2/h8,10,14,16,20,22,52-53H,6-7,9,11-13,15,17-19,21,23-51H2,1-5H3/b10-8+,16-14+,22-20+. The molecule has 0 aromatic carbocycles. The van der Waals surface area contributed by atoms with Crippen LogP contribution in [0.25, 0.3) is 0 Å². The molecule has 0 N–H and O–H groups in total. The Morgan fingerprint density at radius 3 is 1.30 bits per heavy atom. The first-order valence-corrected chi connectivity index (χ1v) is 27.0. The Hall–Kier alpha value is -2.45. The number of carbonyl (C=O) groups excluding carboxylic acids is 3. The topological polar surface area (TPSA) is 102 Å². The minimum Gasteiger partial charge on any atom is -0.544 e. The van der Waals surface area contributed by atoms with Crippen LogP contribution in [0.3, 0.4) is 0 Å². The third-order valence-corrected chi connectivity index (χ3v) is 12.3. The third-order valence-electron chi connectivity index (χ3n) is 12.3. The molecule has 374 valence electrons. The van der Waals surface area contributed by atoms with Crippen molar-refractivity contribution in [2.75, 3.05) is 41.0 Å². The van der Waals surface area contributed by atoms with Gasteiger partial charge >= 0.3 is 11.9 Å². The van der Waals surface area contributed by atoms with Crippen LogP contribution in [-0.4, -0.2) is 75.5 Å². The van der Waals surface area contributed by atoms with E-state index < -0.39 is 18.1 Å². The molecule has 0 saturated heterocycles. The number of quaternary nitrogens is 1. The van der Waals surface area contributed by atoms with Crippen molar-refractivity contribution in [1.29, 1.82) is 0 Å². The number of hydrogen-bond acceptors (Lipinski definition) is 7. The molecule has 0 aliphatic carbocycles. The van der Waals surface area contributed by atoms with Crippen LogP contribution in [0.4, 0.5) is 0 Å². The summed E-state index contributed by atoms with van der Waals surface area (Å²) in [4.78, 5) is 37.1. The van der Waals surface area contributed by atoms with Gasteiger partial charge in [-0.15, -0.1) is 0 Å². The van der Waals surface area contributed by atoms with Gasteiger partial charge in [0, 0.05) is 19.3 Å². The van der Waals surface area contributed by atoms with Crippen molar-refractivity contribution in [3.63, 3.8) is 0 Å². The highest BCUT2D eigenvalue weighted by Crippen LogP contribution is 2.17. The first kappa shape index (κ1) is 61.5. The molecule has 0 aromatic rings. The lowest BCUT2D eigenvalue weighted by atomic mass is 10.0. The highest BCUT2D eigenvalue weighted by Gasteiger charge is 2.25. The van der Waals surface area contributed by atoms with E-state index in [1.807, 2.05) is 21.1 Å². The Morgan fingerprint density at radius 1 is 0.484 bits per heavy atom. The number of rotatable bonds is 49. The number of likely N-dealkylation sites (N-methyl/N-ethyl adjacent to an activating group) is 1. The Kier molecular flexibility index (Phi) is 45.3. The lowest BCUT2D eigenvalue weighted by Gasteiger charge is -2.34. The van der Waals surface area contributed by atoms with E-state index in [1.54, 1.807) is 0 Å². The summed E-state index contributed by atoms with van der Waals surface area (Å²) in [5.74, 6) is -1.72. The number of hydrogen-bond donors (Lipinski definition) is 0. The van der Waals surface area contributed by atoms with Gasteiger partial charge in [0.2, 0.25) is 0 Å². The van der Waals surface area contributed by atoms with Gasteiger partial charge in [0.05, 0.1) is 40.3 Å². The van der Waals surface area contributed by atoms with Crippen LogP contribution < -0.4 is 5.11 Å². The smallest absolute Gasteiger partial charge is 0.306 e. The predicted octanol–water partition coefficient (Wildman–Crippen LogP) is 14.4. The minimum absolute atomic E-state index is 0.0449. The fraction of sp³-hybridized carbons (Fsp3) is 0.839. The molecule has 0 aliphatic heterocycles. The molecule has 0 heterocycles. The van der Waals surface area contributed by atoms with E-state index in [0.29, 0.717) is 12.8 Å². The summed E-state index contributed by atoms with van der Waals surface area (Å²) in [7, 11) is 5.43. The van der Waals surface area contributed by atoms with E-state index in [9.17, 15) is 19.5 Å². The van der Waals surface area contributed by atoms with Crippen molar-refractivity contribution in [1.82, 2.24) is 0 Å². The molecule has 0 bridgehead atoms. The van der Waals surface area contributed by atoms with Crippen LogP contribution in [0.2, 0.25) is 0 Å². The Labute approximate surface area is 395 Å². The molecule has 2 atom stereocenters. The fourth-order valence-electron chi connectivity index (χ4n) is 8.15. The van der Waals surface area contributed by atoms with Gasteiger partial charge in [0.15, 0.2) is 6.10 Å². The number of carbonyl (C=O) groups is 3. The molecule has 0 fully saturated rings. The van der Waals surface area contributed by atoms with Crippen LogP contribution >= 0.6 is 0 Å². The highest BCUT2D eigenvalue weighted by atomic mass is 16.6. The molecule has 8 heteroatoms. The van der Waals surface area contributed by atoms with Crippen LogP contribution in [-0.2, 0) is 28.6 Å². The summed E-state index contributed by atoms with van der Waals surface area (Å²) in [5, 5.41) is 11.7. The summed E-state index contributed by atoms with van der Waals surface area (Å²) in [6.07, 6.45) is 56.0. The second-order valence-corrected chi connectivity index (χ2v) is 19.4. The maximum atomic E-state index is 12.8. The van der Waals surface area contributed by atoms with Crippen molar-refractivity contribution in [2.45, 2.75) is 264 Å². The molecule has 0 spiro atoms. The summed E-state index contributed by atoms with van der Waals surface area (Å²) < 4.78 is 17.3. The van der Waals surface area contributed by atoms with E-state index in [4.69, 9.17) is 14.2 Å². The van der Waals surface area contributed by atoms with Gasteiger partial charge < -0.3 is 28.6 Å². The molecule has 0 radical (unpaired) electrons. The number of esters is 2. The second kappa shape index (κ2) is 47.1. The summed E-state index contributed by atoms with van der Waals surface area (Å²) in [5.41, 5.74) is 0. The zero-order chi connectivity index (χ0) is 47.0. The van der Waals surface area contributed by atoms with Crippen LogP contribution in [0.5, 0.6) is 0 Å². The van der Waals surface area contributed by atoms with Gasteiger partial charge in [-0.05, 0) is 44.9 Å². The Morgan fingerprint density at radius 2 is 0.875 bits per heavy atom. The zero-order valence-corrected chi connectivity index (χ0v) is 42.7. The Bertz CT molecular complexity index is 1140. The molecule has 8 nitrogen and oxygen atoms in total. The largest absolute Gasteiger partial charge is 0.544 e. The SMILES string of the molecule is CC/C=C/C/C=C/C/C=C/CCCCCCCCCCCCCCCC(=O)OCC(COCCC(C(=O)[O-])[N+](C)(C)C)OC(=O)CCCCCCCCCCCCCCCCCCC. The monoisotopic (exact) mass is 902 g/mol. The van der Waals surface area contributed by atoms with Crippen LogP contribution in [0, 0.1) is 0 Å². The molecule has 0 saturated carbocycles. The molecule has 0 aliphatic rings. The van der Waals surface area contributed by atoms with E-state index in [2.05, 4.69) is 50.3 Å². The predicted molar refractivity (Wildman–Crippen MR) is 268 cm³/mol. The number of aliphatic carboxylic acids is 1. The Balaban J connectivity index is 4.16. The molecule has 64 heavy (non-hydrogen) atoms. The van der Waals surface area contributed by atoms with Crippen LogP contribution in [0.1, 0.15) is 251 Å². The lowest BCUT2D eigenvalue weighted by molar-refractivity contribution is -0.889. The molecular weight excluding hydrogens is 799 g/mol. The molecule has 2 unspecified atom stereocenters.